The molecule has 0 bridgehead atoms. The Kier molecular flexibility index (Phi) is 5.90. The number of carbonyl (C=O) groups excluding carboxylic acids is 2. The summed E-state index contributed by atoms with van der Waals surface area (Å²) in [4.78, 5) is 30.9. The maximum absolute atomic E-state index is 12.8. The normalized spacial score (nSPS) is 20.6. The summed E-state index contributed by atoms with van der Waals surface area (Å²) in [5.41, 5.74) is 1.53. The molecule has 7 heteroatoms. The number of nitrogens with zero attached hydrogens (tertiary/aromatic N) is 3. The Morgan fingerprint density at radius 1 is 1.21 bits per heavy atom. The third kappa shape index (κ3) is 4.52. The van der Waals surface area contributed by atoms with Gasteiger partial charge < -0.3 is 19.4 Å². The van der Waals surface area contributed by atoms with Gasteiger partial charge in [-0.15, -0.1) is 0 Å². The Balaban J connectivity index is 1.19. The Bertz CT molecular complexity index is 820. The number of piperidine rings is 1. The Morgan fingerprint density at radius 2 is 2.07 bits per heavy atom. The van der Waals surface area contributed by atoms with Gasteiger partial charge in [-0.25, -0.2) is 4.98 Å². The van der Waals surface area contributed by atoms with Crippen molar-refractivity contribution in [2.45, 2.75) is 44.6 Å². The Morgan fingerprint density at radius 3 is 2.86 bits per heavy atom. The van der Waals surface area contributed by atoms with Crippen LogP contribution >= 0.6 is 0 Å². The van der Waals surface area contributed by atoms with Crippen molar-refractivity contribution in [3.8, 4) is 0 Å². The lowest BCUT2D eigenvalue weighted by Gasteiger charge is -2.32. The molecule has 2 saturated heterocycles. The van der Waals surface area contributed by atoms with E-state index in [1.54, 1.807) is 6.20 Å². The van der Waals surface area contributed by atoms with Gasteiger partial charge in [0, 0.05) is 51.3 Å². The van der Waals surface area contributed by atoms with E-state index in [-0.39, 0.29) is 17.9 Å². The molecule has 2 aliphatic rings. The highest BCUT2D eigenvalue weighted by molar-refractivity contribution is 5.94. The number of ether oxygens (including phenoxy) is 1. The molecule has 2 fully saturated rings. The molecule has 0 aliphatic carbocycles. The summed E-state index contributed by atoms with van der Waals surface area (Å²) in [5.74, 6) is 0.694. The van der Waals surface area contributed by atoms with Gasteiger partial charge in [-0.05, 0) is 50.2 Å². The monoisotopic (exact) mass is 384 g/mol. The number of carbonyl (C=O) groups is 2. The SMILES string of the molecule is O=C(CCC1CCN(C(=O)c2ccc3nccn3c2)CC1)NCC1CCCO1. The number of imidazole rings is 1. The smallest absolute Gasteiger partial charge is 0.255 e. The van der Waals surface area contributed by atoms with Gasteiger partial charge in [0.15, 0.2) is 0 Å². The number of amides is 2. The van der Waals surface area contributed by atoms with Crippen molar-refractivity contribution >= 4 is 17.5 Å². The Hall–Kier alpha value is -2.41. The van der Waals surface area contributed by atoms with E-state index < -0.39 is 0 Å². The third-order valence-electron chi connectivity index (χ3n) is 5.87. The number of pyridine rings is 1. The summed E-state index contributed by atoms with van der Waals surface area (Å²) in [6.45, 7) is 2.95. The van der Waals surface area contributed by atoms with E-state index in [4.69, 9.17) is 4.74 Å². The largest absolute Gasteiger partial charge is 0.376 e. The van der Waals surface area contributed by atoms with E-state index in [1.807, 2.05) is 33.8 Å². The number of nitrogens with one attached hydrogen (secondary N) is 1. The average molecular weight is 384 g/mol. The quantitative estimate of drug-likeness (QED) is 0.829. The molecule has 4 heterocycles. The zero-order valence-electron chi connectivity index (χ0n) is 16.2. The van der Waals surface area contributed by atoms with Crippen LogP contribution in [0.5, 0.6) is 0 Å². The lowest BCUT2D eigenvalue weighted by molar-refractivity contribution is -0.122. The summed E-state index contributed by atoms with van der Waals surface area (Å²) in [5, 5.41) is 2.99. The molecule has 0 aromatic carbocycles. The first-order chi connectivity index (χ1) is 13.7. The second-order valence-corrected chi connectivity index (χ2v) is 7.82. The van der Waals surface area contributed by atoms with Crippen molar-refractivity contribution < 1.29 is 14.3 Å². The molecule has 2 aromatic heterocycles. The molecule has 7 nitrogen and oxygen atoms in total. The van der Waals surface area contributed by atoms with Gasteiger partial charge in [0.25, 0.3) is 5.91 Å². The van der Waals surface area contributed by atoms with Gasteiger partial charge in [0.05, 0.1) is 11.7 Å². The molecule has 1 unspecified atom stereocenters. The van der Waals surface area contributed by atoms with Gasteiger partial charge in [-0.1, -0.05) is 0 Å². The van der Waals surface area contributed by atoms with Gasteiger partial charge in [0.1, 0.15) is 5.65 Å². The van der Waals surface area contributed by atoms with Gasteiger partial charge in [-0.3, -0.25) is 9.59 Å². The lowest BCUT2D eigenvalue weighted by Crippen LogP contribution is -2.39. The minimum Gasteiger partial charge on any atom is -0.376 e. The van der Waals surface area contributed by atoms with Crippen LogP contribution in [0.4, 0.5) is 0 Å². The summed E-state index contributed by atoms with van der Waals surface area (Å²) in [6, 6.07) is 3.71. The molecule has 2 amide bonds. The Labute approximate surface area is 165 Å². The summed E-state index contributed by atoms with van der Waals surface area (Å²) in [7, 11) is 0. The van der Waals surface area contributed by atoms with Crippen LogP contribution in [0.25, 0.3) is 5.65 Å². The molecule has 150 valence electrons. The van der Waals surface area contributed by atoms with Crippen molar-refractivity contribution in [3.05, 3.63) is 36.3 Å². The molecule has 0 radical (unpaired) electrons. The first kappa shape index (κ1) is 18.9. The topological polar surface area (TPSA) is 75.9 Å². The van der Waals surface area contributed by atoms with Crippen molar-refractivity contribution in [3.63, 3.8) is 0 Å². The lowest BCUT2D eigenvalue weighted by atomic mass is 9.91. The van der Waals surface area contributed by atoms with Gasteiger partial charge in [-0.2, -0.15) is 0 Å². The number of hydrogen-bond donors (Lipinski definition) is 1. The van der Waals surface area contributed by atoms with Crippen LogP contribution in [0.2, 0.25) is 0 Å². The average Bonchev–Trinajstić information content (AvgIpc) is 3.41. The third-order valence-corrected chi connectivity index (χ3v) is 5.87. The number of rotatable bonds is 6. The fourth-order valence-electron chi connectivity index (χ4n) is 4.11. The molecule has 1 atom stereocenters. The van der Waals surface area contributed by atoms with E-state index in [9.17, 15) is 9.59 Å². The van der Waals surface area contributed by atoms with E-state index in [1.165, 1.54) is 0 Å². The van der Waals surface area contributed by atoms with Crippen molar-refractivity contribution in [1.29, 1.82) is 0 Å². The highest BCUT2D eigenvalue weighted by Crippen LogP contribution is 2.23. The van der Waals surface area contributed by atoms with Crippen LogP contribution in [-0.2, 0) is 9.53 Å². The second-order valence-electron chi connectivity index (χ2n) is 7.82. The summed E-state index contributed by atoms with van der Waals surface area (Å²) in [6.07, 6.45) is 11.1. The molecule has 28 heavy (non-hydrogen) atoms. The van der Waals surface area contributed by atoms with Crippen LogP contribution < -0.4 is 5.32 Å². The predicted molar refractivity (Wildman–Crippen MR) is 105 cm³/mol. The molecular weight excluding hydrogens is 356 g/mol. The van der Waals surface area contributed by atoms with E-state index >= 15 is 0 Å². The van der Waals surface area contributed by atoms with Gasteiger partial charge in [0.2, 0.25) is 5.91 Å². The van der Waals surface area contributed by atoms with Crippen LogP contribution in [0.3, 0.4) is 0 Å². The summed E-state index contributed by atoms with van der Waals surface area (Å²) < 4.78 is 7.40. The number of fused-ring (bicyclic) bond motifs is 1. The highest BCUT2D eigenvalue weighted by Gasteiger charge is 2.24. The minimum atomic E-state index is 0.0726. The van der Waals surface area contributed by atoms with E-state index in [0.29, 0.717) is 24.4 Å². The van der Waals surface area contributed by atoms with E-state index in [2.05, 4.69) is 10.3 Å². The molecule has 2 aliphatic heterocycles. The van der Waals surface area contributed by atoms with E-state index in [0.717, 1.165) is 57.4 Å². The van der Waals surface area contributed by atoms with Crippen LogP contribution in [0.15, 0.2) is 30.7 Å². The molecule has 0 spiro atoms. The number of likely N-dealkylation sites (tertiary alicyclic amines) is 1. The molecular formula is C21H28N4O3. The molecule has 2 aromatic rings. The fraction of sp³-hybridized carbons (Fsp3) is 0.571. The highest BCUT2D eigenvalue weighted by atomic mass is 16.5. The van der Waals surface area contributed by atoms with Crippen LogP contribution in [0.1, 0.15) is 48.9 Å². The molecule has 1 N–H and O–H groups in total. The van der Waals surface area contributed by atoms with Crippen molar-refractivity contribution in [2.24, 2.45) is 5.92 Å². The number of aromatic nitrogens is 2. The minimum absolute atomic E-state index is 0.0726. The van der Waals surface area contributed by atoms with Crippen molar-refractivity contribution in [2.75, 3.05) is 26.2 Å². The van der Waals surface area contributed by atoms with Gasteiger partial charge >= 0.3 is 0 Å². The zero-order chi connectivity index (χ0) is 19.3. The summed E-state index contributed by atoms with van der Waals surface area (Å²) >= 11 is 0. The molecule has 0 saturated carbocycles. The zero-order valence-corrected chi connectivity index (χ0v) is 16.2. The van der Waals surface area contributed by atoms with Crippen molar-refractivity contribution in [1.82, 2.24) is 19.6 Å². The van der Waals surface area contributed by atoms with Crippen LogP contribution in [-0.4, -0.2) is 58.4 Å². The first-order valence-corrected chi connectivity index (χ1v) is 10.3. The maximum atomic E-state index is 12.8. The van der Waals surface area contributed by atoms with Crippen LogP contribution in [0, 0.1) is 5.92 Å². The second kappa shape index (κ2) is 8.73. The predicted octanol–water partition coefficient (Wildman–Crippen LogP) is 2.26. The first-order valence-electron chi connectivity index (χ1n) is 10.3. The maximum Gasteiger partial charge on any atom is 0.255 e. The fourth-order valence-corrected chi connectivity index (χ4v) is 4.11. The molecule has 4 rings (SSSR count). The number of hydrogen-bond acceptors (Lipinski definition) is 4. The standard InChI is InChI=1S/C21H28N4O3/c26-20(23-14-18-2-1-13-28-18)6-3-16-7-10-24(11-8-16)21(27)17-4-5-19-22-9-12-25(19)15-17/h4-5,9,12,15-16,18H,1-3,6-8,10-11,13-14H2,(H,23,26).